The Morgan fingerprint density at radius 1 is 1.12 bits per heavy atom. The Morgan fingerprint density at radius 2 is 1.88 bits per heavy atom. The number of carbonyl (C=O) groups is 1. The lowest BCUT2D eigenvalue weighted by Crippen LogP contribution is -2.41. The molecular formula is C25H28FN3O2S. The van der Waals surface area contributed by atoms with Gasteiger partial charge < -0.3 is 15.0 Å². The van der Waals surface area contributed by atoms with Crippen molar-refractivity contribution in [3.8, 4) is 16.5 Å². The van der Waals surface area contributed by atoms with Crippen molar-refractivity contribution in [2.45, 2.75) is 37.8 Å². The zero-order valence-corrected chi connectivity index (χ0v) is 19.1. The smallest absolute Gasteiger partial charge is 0.390 e. The maximum Gasteiger partial charge on any atom is 0.414 e. The third kappa shape index (κ3) is 5.53. The summed E-state index contributed by atoms with van der Waals surface area (Å²) in [4.78, 5) is 19.0. The van der Waals surface area contributed by atoms with E-state index in [0.29, 0.717) is 11.8 Å². The highest BCUT2D eigenvalue weighted by Crippen LogP contribution is 2.37. The van der Waals surface area contributed by atoms with Gasteiger partial charge in [0.15, 0.2) is 0 Å². The molecular weight excluding hydrogens is 425 g/mol. The Bertz CT molecular complexity index is 1030. The molecule has 1 amide bonds. The van der Waals surface area contributed by atoms with Gasteiger partial charge in [0.25, 0.3) is 0 Å². The molecule has 0 saturated heterocycles. The topological polar surface area (TPSA) is 54.5 Å². The summed E-state index contributed by atoms with van der Waals surface area (Å²) >= 11 is 1.45. The van der Waals surface area contributed by atoms with E-state index in [9.17, 15) is 9.18 Å². The number of rotatable bonds is 6. The summed E-state index contributed by atoms with van der Waals surface area (Å²) in [6, 6.07) is 16.9. The molecule has 0 bridgehead atoms. The van der Waals surface area contributed by atoms with E-state index < -0.39 is 6.09 Å². The number of hydrogen-bond donors (Lipinski definition) is 1. The number of ether oxygens (including phenoxy) is 1. The maximum atomic E-state index is 13.8. The molecule has 1 fully saturated rings. The summed E-state index contributed by atoms with van der Waals surface area (Å²) in [6.45, 7) is 0. The fourth-order valence-corrected chi connectivity index (χ4v) is 5.30. The normalized spacial score (nSPS) is 19.5. The first kappa shape index (κ1) is 22.4. The van der Waals surface area contributed by atoms with Crippen molar-refractivity contribution in [2.24, 2.45) is 5.92 Å². The lowest BCUT2D eigenvalue weighted by atomic mass is 9.78. The van der Waals surface area contributed by atoms with E-state index in [1.807, 2.05) is 50.5 Å². The quantitative estimate of drug-likeness (QED) is 0.505. The molecule has 168 valence electrons. The molecule has 0 aliphatic heterocycles. The van der Waals surface area contributed by atoms with E-state index in [1.54, 1.807) is 17.5 Å². The minimum absolute atomic E-state index is 0.0706. The summed E-state index contributed by atoms with van der Waals surface area (Å²) in [5, 5.41) is 5.55. The van der Waals surface area contributed by atoms with Crippen LogP contribution in [0.2, 0.25) is 0 Å². The van der Waals surface area contributed by atoms with Crippen molar-refractivity contribution in [2.75, 3.05) is 14.1 Å². The number of amides is 1. The summed E-state index contributed by atoms with van der Waals surface area (Å²) in [5.41, 5.74) is 2.00. The molecule has 1 atom stereocenters. The zero-order chi connectivity index (χ0) is 22.5. The van der Waals surface area contributed by atoms with Crippen LogP contribution >= 0.6 is 11.3 Å². The highest BCUT2D eigenvalue weighted by atomic mass is 32.1. The lowest BCUT2D eigenvalue weighted by molar-refractivity contribution is 0.150. The molecule has 4 rings (SSSR count). The predicted octanol–water partition coefficient (Wildman–Crippen LogP) is 5.90. The first-order valence-corrected chi connectivity index (χ1v) is 11.8. The van der Waals surface area contributed by atoms with E-state index in [-0.39, 0.29) is 17.9 Å². The average Bonchev–Trinajstić information content (AvgIpc) is 3.24. The van der Waals surface area contributed by atoms with E-state index in [4.69, 9.17) is 4.74 Å². The van der Waals surface area contributed by atoms with Crippen molar-refractivity contribution in [1.82, 2.24) is 15.2 Å². The lowest BCUT2D eigenvalue weighted by Gasteiger charge is -2.37. The van der Waals surface area contributed by atoms with Gasteiger partial charge in [-0.15, -0.1) is 11.3 Å². The molecule has 1 saturated carbocycles. The second-order valence-electron chi connectivity index (χ2n) is 8.47. The number of hydrogen-bond acceptors (Lipinski definition) is 5. The highest BCUT2D eigenvalue weighted by molar-refractivity contribution is 7.13. The molecule has 32 heavy (non-hydrogen) atoms. The number of aromatic nitrogens is 1. The second kappa shape index (κ2) is 10.2. The molecule has 2 aromatic carbocycles. The molecule has 7 heteroatoms. The number of carbonyl (C=O) groups excluding carboxylic acids is 1. The third-order valence-electron chi connectivity index (χ3n) is 5.99. The molecule has 1 unspecified atom stereocenters. The van der Waals surface area contributed by atoms with Crippen molar-refractivity contribution < 1.29 is 13.9 Å². The molecule has 1 N–H and O–H groups in total. The first-order valence-electron chi connectivity index (χ1n) is 10.9. The number of nitrogens with one attached hydrogen (secondary N) is 1. The van der Waals surface area contributed by atoms with Gasteiger partial charge in [-0.3, -0.25) is 0 Å². The van der Waals surface area contributed by atoms with Crippen molar-refractivity contribution in [3.63, 3.8) is 0 Å². The van der Waals surface area contributed by atoms with Gasteiger partial charge >= 0.3 is 6.09 Å². The van der Waals surface area contributed by atoms with Crippen LogP contribution in [0.3, 0.4) is 0 Å². The number of halogens is 1. The fraction of sp³-hybridized carbons (Fsp3) is 0.360. The standard InChI is InChI=1S/C25H28FN3O2S/c1-29(2)23(19-9-6-10-20(26)15-19)17-11-13-21(14-12-17)27-25(30)31-22-16-32-24(28-22)18-7-4-3-5-8-18/h3-10,15-17,21,23H,11-14H2,1-2H3,(H,27,30). The van der Waals surface area contributed by atoms with Crippen LogP contribution in [-0.4, -0.2) is 36.1 Å². The van der Waals surface area contributed by atoms with Gasteiger partial charge in [0.2, 0.25) is 5.88 Å². The van der Waals surface area contributed by atoms with Gasteiger partial charge in [0.05, 0.1) is 5.38 Å². The summed E-state index contributed by atoms with van der Waals surface area (Å²) in [7, 11) is 4.07. The molecule has 3 aromatic rings. The second-order valence-corrected chi connectivity index (χ2v) is 9.32. The monoisotopic (exact) mass is 453 g/mol. The van der Waals surface area contributed by atoms with E-state index in [0.717, 1.165) is 41.8 Å². The number of nitrogens with zero attached hydrogens (tertiary/aromatic N) is 2. The molecule has 1 aromatic heterocycles. The summed E-state index contributed by atoms with van der Waals surface area (Å²) < 4.78 is 19.2. The predicted molar refractivity (Wildman–Crippen MR) is 125 cm³/mol. The highest BCUT2D eigenvalue weighted by Gasteiger charge is 2.31. The molecule has 1 aliphatic carbocycles. The Labute approximate surface area is 192 Å². The molecule has 1 heterocycles. The Morgan fingerprint density at radius 3 is 2.56 bits per heavy atom. The maximum absolute atomic E-state index is 13.8. The zero-order valence-electron chi connectivity index (χ0n) is 18.3. The Balaban J connectivity index is 1.30. The molecule has 5 nitrogen and oxygen atoms in total. The van der Waals surface area contributed by atoms with Crippen molar-refractivity contribution in [3.05, 3.63) is 71.4 Å². The number of benzene rings is 2. The van der Waals surface area contributed by atoms with Crippen LogP contribution in [-0.2, 0) is 0 Å². The molecule has 1 aliphatic rings. The first-order chi connectivity index (χ1) is 15.5. The van der Waals surface area contributed by atoms with Crippen LogP contribution in [0.1, 0.15) is 37.3 Å². The van der Waals surface area contributed by atoms with Crippen LogP contribution in [0.4, 0.5) is 9.18 Å². The van der Waals surface area contributed by atoms with Gasteiger partial charge in [0.1, 0.15) is 10.8 Å². The SMILES string of the molecule is CN(C)C(c1cccc(F)c1)C1CCC(NC(=O)Oc2csc(-c3ccccc3)n2)CC1. The van der Waals surface area contributed by atoms with E-state index in [1.165, 1.54) is 17.4 Å². The van der Waals surface area contributed by atoms with Crippen LogP contribution in [0.5, 0.6) is 5.88 Å². The van der Waals surface area contributed by atoms with Crippen LogP contribution in [0.15, 0.2) is 60.0 Å². The van der Waals surface area contributed by atoms with Crippen LogP contribution < -0.4 is 10.1 Å². The third-order valence-corrected chi connectivity index (χ3v) is 6.86. The van der Waals surface area contributed by atoms with Crippen molar-refractivity contribution in [1.29, 1.82) is 0 Å². The summed E-state index contributed by atoms with van der Waals surface area (Å²) in [6.07, 6.45) is 3.18. The Hall–Kier alpha value is -2.77. The Kier molecular flexibility index (Phi) is 7.17. The molecule has 0 radical (unpaired) electrons. The largest absolute Gasteiger partial charge is 0.414 e. The van der Waals surface area contributed by atoms with Gasteiger partial charge in [0, 0.05) is 17.6 Å². The van der Waals surface area contributed by atoms with Gasteiger partial charge in [-0.05, 0) is 63.4 Å². The summed E-state index contributed by atoms with van der Waals surface area (Å²) in [5.74, 6) is 0.525. The fourth-order valence-electron chi connectivity index (χ4n) is 4.57. The van der Waals surface area contributed by atoms with E-state index >= 15 is 0 Å². The minimum atomic E-state index is -0.465. The van der Waals surface area contributed by atoms with Crippen LogP contribution in [0, 0.1) is 11.7 Å². The van der Waals surface area contributed by atoms with E-state index in [2.05, 4.69) is 15.2 Å². The van der Waals surface area contributed by atoms with Crippen molar-refractivity contribution >= 4 is 17.4 Å². The average molecular weight is 454 g/mol. The van der Waals surface area contributed by atoms with Gasteiger partial charge in [-0.1, -0.05) is 42.5 Å². The molecule has 0 spiro atoms. The van der Waals surface area contributed by atoms with Gasteiger partial charge in [-0.2, -0.15) is 0 Å². The number of thiazole rings is 1. The van der Waals surface area contributed by atoms with Crippen LogP contribution in [0.25, 0.3) is 10.6 Å². The van der Waals surface area contributed by atoms with Gasteiger partial charge in [-0.25, -0.2) is 14.2 Å². The minimum Gasteiger partial charge on any atom is -0.390 e.